The minimum Gasteiger partial charge on any atom is -0.465 e. The van der Waals surface area contributed by atoms with Gasteiger partial charge in [0.2, 0.25) is 0 Å². The van der Waals surface area contributed by atoms with Crippen molar-refractivity contribution < 1.29 is 26.9 Å². The fourth-order valence-electron chi connectivity index (χ4n) is 1.98. The van der Waals surface area contributed by atoms with Crippen molar-refractivity contribution in [2.45, 2.75) is 57.8 Å². The van der Waals surface area contributed by atoms with E-state index in [-0.39, 0.29) is 17.1 Å². The van der Waals surface area contributed by atoms with Crippen molar-refractivity contribution in [1.29, 1.82) is 0 Å². The topological polar surface area (TPSA) is 68.3 Å². The van der Waals surface area contributed by atoms with Crippen LogP contribution in [0.5, 0.6) is 0 Å². The Kier molecular flexibility index (Phi) is 8.43. The monoisotopic (exact) mass is 472 g/mol. The largest absolute Gasteiger partial charge is 0.465 e. The van der Waals surface area contributed by atoms with Crippen LogP contribution in [0, 0.1) is 11.7 Å². The zero-order chi connectivity index (χ0) is 21.0. The van der Waals surface area contributed by atoms with Gasteiger partial charge in [0.15, 0.2) is 0 Å². The summed E-state index contributed by atoms with van der Waals surface area (Å²) in [5, 5.41) is 0. The van der Waals surface area contributed by atoms with Crippen LogP contribution in [0.4, 0.5) is 13.2 Å². The van der Waals surface area contributed by atoms with Gasteiger partial charge in [-0.15, -0.1) is 0 Å². The normalized spacial score (nSPS) is 15.7. The first-order chi connectivity index (χ1) is 12.3. The van der Waals surface area contributed by atoms with Crippen LogP contribution in [0.2, 0.25) is 0 Å². The predicted molar refractivity (Wildman–Crippen MR) is 101 cm³/mol. The molecule has 0 aliphatic heterocycles. The molecule has 0 saturated heterocycles. The molecule has 0 bridgehead atoms. The summed E-state index contributed by atoms with van der Waals surface area (Å²) in [5.74, 6) is -2.02. The summed E-state index contributed by atoms with van der Waals surface area (Å²) >= 11 is 3.02. The second kappa shape index (κ2) is 9.47. The molecule has 27 heavy (non-hydrogen) atoms. The van der Waals surface area contributed by atoms with Crippen LogP contribution in [0.1, 0.15) is 46.7 Å². The zero-order valence-electron chi connectivity index (χ0n) is 15.8. The minimum atomic E-state index is -3.29. The van der Waals surface area contributed by atoms with E-state index in [4.69, 9.17) is 4.74 Å². The molecule has 1 rings (SSSR count). The number of rotatable bonds is 8. The number of carbonyl (C=O) groups excluding carboxylic acids is 1. The standard InChI is InChI=1S/C17H24BrF3N2O3S/c1-10(2)9-26-13(24)8-17(15(20)21,23-27(25)16(3,4)5)14-11(19)6-7-12(18)22-14/h6-7,10,15,23H,8-9H2,1-5H3/t17-,27?/m1/s1. The highest BCUT2D eigenvalue weighted by atomic mass is 79.9. The van der Waals surface area contributed by atoms with E-state index in [0.717, 1.165) is 6.07 Å². The number of alkyl halides is 2. The highest BCUT2D eigenvalue weighted by molar-refractivity contribution is 9.10. The maximum Gasteiger partial charge on any atom is 0.308 e. The number of pyridine rings is 1. The fourth-order valence-corrected chi connectivity index (χ4v) is 3.19. The molecule has 1 aromatic heterocycles. The minimum absolute atomic E-state index is 0.00713. The first-order valence-electron chi connectivity index (χ1n) is 8.25. The molecule has 1 N–H and O–H groups in total. The van der Waals surface area contributed by atoms with Gasteiger partial charge < -0.3 is 4.74 Å². The molecule has 0 aromatic carbocycles. The van der Waals surface area contributed by atoms with Crippen molar-refractivity contribution in [3.05, 3.63) is 28.2 Å². The third-order valence-electron chi connectivity index (χ3n) is 3.44. The Hall–Kier alpha value is -1.00. The number of hydrogen-bond acceptors (Lipinski definition) is 4. The maximum absolute atomic E-state index is 14.4. The summed E-state index contributed by atoms with van der Waals surface area (Å²) in [6.07, 6.45) is -4.22. The lowest BCUT2D eigenvalue weighted by Crippen LogP contribution is -2.54. The van der Waals surface area contributed by atoms with E-state index in [0.29, 0.717) is 0 Å². The number of esters is 1. The zero-order valence-corrected chi connectivity index (χ0v) is 18.2. The molecule has 5 nitrogen and oxygen atoms in total. The number of halogens is 4. The molecule has 0 aliphatic rings. The molecular formula is C17H24BrF3N2O3S. The van der Waals surface area contributed by atoms with Crippen LogP contribution in [-0.2, 0) is 26.1 Å². The molecule has 10 heteroatoms. The van der Waals surface area contributed by atoms with Crippen LogP contribution in [-0.4, -0.2) is 32.9 Å². The summed E-state index contributed by atoms with van der Waals surface area (Å²) in [7, 11) is -2.03. The van der Waals surface area contributed by atoms with E-state index < -0.39 is 51.6 Å². The summed E-state index contributed by atoms with van der Waals surface area (Å²) in [6.45, 7) is 8.29. The van der Waals surface area contributed by atoms with E-state index in [2.05, 4.69) is 25.6 Å². The third-order valence-corrected chi connectivity index (χ3v) is 5.54. The van der Waals surface area contributed by atoms with Gasteiger partial charge in [0.1, 0.15) is 21.7 Å². The Balaban J connectivity index is 3.44. The maximum atomic E-state index is 14.4. The predicted octanol–water partition coefficient (Wildman–Crippen LogP) is 4.08. The number of nitrogens with zero attached hydrogens (tertiary/aromatic N) is 1. The first-order valence-corrected chi connectivity index (χ1v) is 10.2. The summed E-state index contributed by atoms with van der Waals surface area (Å²) in [4.78, 5) is 16.0. The van der Waals surface area contributed by atoms with Gasteiger partial charge >= 0.3 is 5.97 Å². The summed E-state index contributed by atoms with van der Waals surface area (Å²) in [5.41, 5.74) is -3.31. The lowest BCUT2D eigenvalue weighted by atomic mass is 9.91. The van der Waals surface area contributed by atoms with E-state index >= 15 is 0 Å². The van der Waals surface area contributed by atoms with Crippen molar-refractivity contribution in [2.75, 3.05) is 6.61 Å². The molecule has 0 radical (unpaired) electrons. The number of aromatic nitrogens is 1. The quantitative estimate of drug-likeness (QED) is 0.457. The Bertz CT molecular complexity index is 698. The van der Waals surface area contributed by atoms with Crippen molar-refractivity contribution in [1.82, 2.24) is 9.71 Å². The van der Waals surface area contributed by atoms with Gasteiger partial charge in [0.05, 0.1) is 28.8 Å². The third kappa shape index (κ3) is 6.53. The molecule has 0 fully saturated rings. The van der Waals surface area contributed by atoms with Gasteiger partial charge in [-0.1, -0.05) is 13.8 Å². The lowest BCUT2D eigenvalue weighted by Gasteiger charge is -2.35. The molecule has 2 atom stereocenters. The Morgan fingerprint density at radius 3 is 2.41 bits per heavy atom. The van der Waals surface area contributed by atoms with Crippen LogP contribution < -0.4 is 4.72 Å². The van der Waals surface area contributed by atoms with Gasteiger partial charge in [-0.3, -0.25) is 4.79 Å². The Morgan fingerprint density at radius 2 is 1.93 bits per heavy atom. The molecular weight excluding hydrogens is 449 g/mol. The van der Waals surface area contributed by atoms with Crippen molar-refractivity contribution in [3.8, 4) is 0 Å². The number of ether oxygens (including phenoxy) is 1. The fraction of sp³-hybridized carbons (Fsp3) is 0.647. The molecule has 0 saturated carbocycles. The molecule has 1 heterocycles. The van der Waals surface area contributed by atoms with Gasteiger partial charge in [0.25, 0.3) is 6.43 Å². The van der Waals surface area contributed by atoms with Gasteiger partial charge in [-0.05, 0) is 54.8 Å². The van der Waals surface area contributed by atoms with Crippen LogP contribution in [0.15, 0.2) is 16.7 Å². The molecule has 0 aliphatic carbocycles. The first kappa shape index (κ1) is 24.0. The van der Waals surface area contributed by atoms with Gasteiger partial charge in [-0.2, -0.15) is 0 Å². The van der Waals surface area contributed by atoms with Crippen LogP contribution >= 0.6 is 15.9 Å². The Morgan fingerprint density at radius 1 is 1.33 bits per heavy atom. The second-order valence-corrected chi connectivity index (χ2v) is 10.3. The number of carbonyl (C=O) groups is 1. The van der Waals surface area contributed by atoms with Crippen molar-refractivity contribution >= 4 is 32.9 Å². The van der Waals surface area contributed by atoms with Crippen molar-refractivity contribution in [2.24, 2.45) is 5.92 Å². The van der Waals surface area contributed by atoms with E-state index in [1.807, 2.05) is 0 Å². The average molecular weight is 473 g/mol. The summed E-state index contributed by atoms with van der Waals surface area (Å²) in [6, 6.07) is 2.19. The van der Waals surface area contributed by atoms with Crippen LogP contribution in [0.25, 0.3) is 0 Å². The van der Waals surface area contributed by atoms with Crippen molar-refractivity contribution in [3.63, 3.8) is 0 Å². The lowest BCUT2D eigenvalue weighted by molar-refractivity contribution is -0.148. The average Bonchev–Trinajstić information content (AvgIpc) is 2.53. The highest BCUT2D eigenvalue weighted by Crippen LogP contribution is 2.35. The van der Waals surface area contributed by atoms with Gasteiger partial charge in [0, 0.05) is 0 Å². The van der Waals surface area contributed by atoms with Crippen LogP contribution in [0.3, 0.4) is 0 Å². The molecule has 154 valence electrons. The van der Waals surface area contributed by atoms with Gasteiger partial charge in [-0.25, -0.2) is 27.1 Å². The Labute approximate surface area is 168 Å². The molecule has 0 amide bonds. The van der Waals surface area contributed by atoms with E-state index in [1.54, 1.807) is 34.6 Å². The molecule has 1 unspecified atom stereocenters. The molecule has 0 spiro atoms. The second-order valence-electron chi connectivity index (χ2n) is 7.47. The number of hydrogen-bond donors (Lipinski definition) is 1. The summed E-state index contributed by atoms with van der Waals surface area (Å²) < 4.78 is 61.9. The van der Waals surface area contributed by atoms with E-state index in [9.17, 15) is 22.2 Å². The highest BCUT2D eigenvalue weighted by Gasteiger charge is 2.50. The smallest absolute Gasteiger partial charge is 0.308 e. The van der Waals surface area contributed by atoms with E-state index in [1.165, 1.54) is 6.07 Å². The number of nitrogens with one attached hydrogen (secondary N) is 1. The molecule has 1 aromatic rings. The SMILES string of the molecule is CC(C)COC(=O)C[C@@](NS(=O)C(C)(C)C)(c1nc(Br)ccc1F)C(F)F.